The first-order valence-electron chi connectivity index (χ1n) is 4.40. The monoisotopic (exact) mass is 229 g/mol. The zero-order valence-electron chi connectivity index (χ0n) is 8.27. The van der Waals surface area contributed by atoms with Gasteiger partial charge >= 0.3 is 0 Å². The van der Waals surface area contributed by atoms with E-state index in [4.69, 9.17) is 23.2 Å². The smallest absolute Gasteiger partial charge is 0.0598 e. The van der Waals surface area contributed by atoms with Crippen LogP contribution in [0.1, 0.15) is 12.5 Å². The van der Waals surface area contributed by atoms with Crippen LogP contribution in [-0.2, 0) is 0 Å². The molecule has 0 aromatic heterocycles. The van der Waals surface area contributed by atoms with E-state index in [1.165, 1.54) is 5.57 Å². The molecule has 0 amide bonds. The number of rotatable bonds is 3. The summed E-state index contributed by atoms with van der Waals surface area (Å²) in [6.45, 7) is 2.94. The summed E-state index contributed by atoms with van der Waals surface area (Å²) >= 11 is 11.7. The summed E-state index contributed by atoms with van der Waals surface area (Å²) in [5.41, 5.74) is 2.33. The molecule has 0 bridgehead atoms. The van der Waals surface area contributed by atoms with Gasteiger partial charge in [0.25, 0.3) is 0 Å². The van der Waals surface area contributed by atoms with Gasteiger partial charge < -0.3 is 5.32 Å². The second-order valence-electron chi connectivity index (χ2n) is 3.19. The molecule has 1 rings (SSSR count). The summed E-state index contributed by atoms with van der Waals surface area (Å²) in [6.07, 6.45) is 2.08. The van der Waals surface area contributed by atoms with Crippen LogP contribution in [-0.4, -0.2) is 13.6 Å². The summed E-state index contributed by atoms with van der Waals surface area (Å²) in [6, 6.07) is 5.62. The topological polar surface area (TPSA) is 12.0 Å². The lowest BCUT2D eigenvalue weighted by atomic mass is 10.1. The average molecular weight is 230 g/mol. The highest BCUT2D eigenvalue weighted by atomic mass is 35.5. The molecule has 0 aliphatic heterocycles. The van der Waals surface area contributed by atoms with E-state index in [-0.39, 0.29) is 0 Å². The fourth-order valence-electron chi connectivity index (χ4n) is 1.22. The van der Waals surface area contributed by atoms with E-state index >= 15 is 0 Å². The van der Waals surface area contributed by atoms with Crippen molar-refractivity contribution in [3.63, 3.8) is 0 Å². The number of hydrogen-bond donors (Lipinski definition) is 1. The third-order valence-electron chi connectivity index (χ3n) is 1.81. The van der Waals surface area contributed by atoms with E-state index in [2.05, 4.69) is 18.3 Å². The van der Waals surface area contributed by atoms with Crippen LogP contribution in [0.25, 0.3) is 6.08 Å². The first kappa shape index (κ1) is 11.6. The van der Waals surface area contributed by atoms with Gasteiger partial charge in [0.1, 0.15) is 0 Å². The van der Waals surface area contributed by atoms with Crippen molar-refractivity contribution in [2.24, 2.45) is 0 Å². The molecule has 0 heterocycles. The Hall–Kier alpha value is -0.500. The Kier molecular flexibility index (Phi) is 4.46. The molecular weight excluding hydrogens is 217 g/mol. The van der Waals surface area contributed by atoms with Crippen LogP contribution >= 0.6 is 23.2 Å². The fraction of sp³-hybridized carbons (Fsp3) is 0.273. The van der Waals surface area contributed by atoms with Gasteiger partial charge in [0.05, 0.1) is 10.0 Å². The van der Waals surface area contributed by atoms with Crippen molar-refractivity contribution in [2.45, 2.75) is 6.92 Å². The van der Waals surface area contributed by atoms with Crippen molar-refractivity contribution >= 4 is 29.3 Å². The third kappa shape index (κ3) is 3.33. The van der Waals surface area contributed by atoms with Crippen molar-refractivity contribution in [2.75, 3.05) is 13.6 Å². The van der Waals surface area contributed by atoms with E-state index in [0.717, 1.165) is 12.1 Å². The predicted octanol–water partition coefficient (Wildman–Crippen LogP) is 3.62. The van der Waals surface area contributed by atoms with Crippen molar-refractivity contribution in [1.82, 2.24) is 5.32 Å². The lowest BCUT2D eigenvalue weighted by Crippen LogP contribution is -2.08. The molecule has 1 nitrogen and oxygen atoms in total. The van der Waals surface area contributed by atoms with Crippen LogP contribution in [0.2, 0.25) is 10.0 Å². The van der Waals surface area contributed by atoms with Gasteiger partial charge in [-0.3, -0.25) is 0 Å². The SMILES string of the molecule is CNCC(C)=Cc1ccc(Cl)c(Cl)c1. The Labute approximate surface area is 94.7 Å². The summed E-state index contributed by atoms with van der Waals surface area (Å²) in [5, 5.41) is 4.27. The van der Waals surface area contributed by atoms with Crippen molar-refractivity contribution in [1.29, 1.82) is 0 Å². The standard InChI is InChI=1S/C11H13Cl2N/c1-8(7-14-2)5-9-3-4-10(12)11(13)6-9/h3-6,14H,7H2,1-2H3. The number of nitrogens with one attached hydrogen (secondary N) is 1. The fourth-order valence-corrected chi connectivity index (χ4v) is 1.52. The van der Waals surface area contributed by atoms with E-state index in [1.807, 2.05) is 25.2 Å². The molecule has 0 unspecified atom stereocenters. The normalized spacial score (nSPS) is 11.9. The Morgan fingerprint density at radius 2 is 2.07 bits per heavy atom. The van der Waals surface area contributed by atoms with Crippen LogP contribution < -0.4 is 5.32 Å². The van der Waals surface area contributed by atoms with Crippen molar-refractivity contribution in [3.8, 4) is 0 Å². The average Bonchev–Trinajstić information content (AvgIpc) is 2.12. The van der Waals surface area contributed by atoms with Crippen LogP contribution in [0.3, 0.4) is 0 Å². The maximum atomic E-state index is 5.90. The highest BCUT2D eigenvalue weighted by molar-refractivity contribution is 6.42. The van der Waals surface area contributed by atoms with Gasteiger partial charge in [-0.05, 0) is 31.7 Å². The number of benzene rings is 1. The summed E-state index contributed by atoms with van der Waals surface area (Å²) in [5.74, 6) is 0. The molecular formula is C11H13Cl2N. The third-order valence-corrected chi connectivity index (χ3v) is 2.55. The second kappa shape index (κ2) is 5.40. The Morgan fingerprint density at radius 1 is 1.36 bits per heavy atom. The molecule has 76 valence electrons. The molecule has 14 heavy (non-hydrogen) atoms. The van der Waals surface area contributed by atoms with Gasteiger partial charge in [0, 0.05) is 6.54 Å². The van der Waals surface area contributed by atoms with Crippen LogP contribution in [0, 0.1) is 0 Å². The Morgan fingerprint density at radius 3 is 2.64 bits per heavy atom. The van der Waals surface area contributed by atoms with Gasteiger partial charge in [-0.25, -0.2) is 0 Å². The maximum Gasteiger partial charge on any atom is 0.0598 e. The van der Waals surface area contributed by atoms with Crippen LogP contribution in [0.15, 0.2) is 23.8 Å². The van der Waals surface area contributed by atoms with Gasteiger partial charge in [-0.2, -0.15) is 0 Å². The van der Waals surface area contributed by atoms with Gasteiger partial charge in [0.2, 0.25) is 0 Å². The summed E-state index contributed by atoms with van der Waals surface area (Å²) in [4.78, 5) is 0. The van der Waals surface area contributed by atoms with Gasteiger partial charge in [-0.1, -0.05) is 40.9 Å². The summed E-state index contributed by atoms with van der Waals surface area (Å²) in [7, 11) is 1.92. The lowest BCUT2D eigenvalue weighted by Gasteiger charge is -2.01. The van der Waals surface area contributed by atoms with E-state index in [9.17, 15) is 0 Å². The van der Waals surface area contributed by atoms with Gasteiger partial charge in [-0.15, -0.1) is 0 Å². The minimum atomic E-state index is 0.593. The zero-order chi connectivity index (χ0) is 10.6. The zero-order valence-corrected chi connectivity index (χ0v) is 9.78. The summed E-state index contributed by atoms with van der Waals surface area (Å²) < 4.78 is 0. The number of hydrogen-bond acceptors (Lipinski definition) is 1. The number of likely N-dealkylation sites (N-methyl/N-ethyl adjacent to an activating group) is 1. The lowest BCUT2D eigenvalue weighted by molar-refractivity contribution is 0.884. The van der Waals surface area contributed by atoms with E-state index < -0.39 is 0 Å². The van der Waals surface area contributed by atoms with Crippen molar-refractivity contribution in [3.05, 3.63) is 39.4 Å². The first-order valence-corrected chi connectivity index (χ1v) is 5.16. The maximum absolute atomic E-state index is 5.90. The molecule has 0 fully saturated rings. The van der Waals surface area contributed by atoms with Crippen molar-refractivity contribution < 1.29 is 0 Å². The Bertz CT molecular complexity index is 345. The van der Waals surface area contributed by atoms with E-state index in [1.54, 1.807) is 0 Å². The molecule has 0 atom stereocenters. The molecule has 0 saturated carbocycles. The molecule has 1 N–H and O–H groups in total. The molecule has 0 spiro atoms. The quantitative estimate of drug-likeness (QED) is 0.836. The second-order valence-corrected chi connectivity index (χ2v) is 4.01. The molecule has 0 saturated heterocycles. The highest BCUT2D eigenvalue weighted by Gasteiger charge is 1.97. The minimum Gasteiger partial charge on any atom is -0.316 e. The Balaban J connectivity index is 2.87. The minimum absolute atomic E-state index is 0.593. The highest BCUT2D eigenvalue weighted by Crippen LogP contribution is 2.23. The molecule has 1 aromatic rings. The van der Waals surface area contributed by atoms with Gasteiger partial charge in [0.15, 0.2) is 0 Å². The molecule has 3 heteroatoms. The number of halogens is 2. The van der Waals surface area contributed by atoms with E-state index in [0.29, 0.717) is 10.0 Å². The van der Waals surface area contributed by atoms with Crippen LogP contribution in [0.5, 0.6) is 0 Å². The molecule has 0 aliphatic rings. The molecule has 1 aromatic carbocycles. The molecule has 0 radical (unpaired) electrons. The first-order chi connectivity index (χ1) is 6.63. The largest absolute Gasteiger partial charge is 0.316 e. The van der Waals surface area contributed by atoms with Crippen LogP contribution in [0.4, 0.5) is 0 Å². The molecule has 0 aliphatic carbocycles. The predicted molar refractivity (Wildman–Crippen MR) is 64.0 cm³/mol.